The minimum Gasteiger partial charge on any atom is -0.390 e. The number of imide groups is 2. The van der Waals surface area contributed by atoms with Crippen LogP contribution in [0.1, 0.15) is 134 Å². The second kappa shape index (κ2) is 17.7. The smallest absolute Gasteiger partial charge is 0.284 e. The van der Waals surface area contributed by atoms with Crippen molar-refractivity contribution in [3.05, 3.63) is 65.2 Å². The molecule has 4 aliphatic rings. The zero-order valence-corrected chi connectivity index (χ0v) is 36.0. The van der Waals surface area contributed by atoms with Gasteiger partial charge < -0.3 is 25.5 Å². The van der Waals surface area contributed by atoms with Crippen molar-refractivity contribution in [2.24, 2.45) is 5.92 Å². The van der Waals surface area contributed by atoms with Crippen molar-refractivity contribution in [2.45, 2.75) is 121 Å². The lowest BCUT2D eigenvalue weighted by Crippen LogP contribution is -2.54. The van der Waals surface area contributed by atoms with Gasteiger partial charge in [-0.25, -0.2) is 18.3 Å². The Balaban J connectivity index is 0.827. The molecule has 3 fully saturated rings. The van der Waals surface area contributed by atoms with Crippen LogP contribution in [0.3, 0.4) is 0 Å². The molecule has 0 bridgehead atoms. The minimum absolute atomic E-state index is 0.0503. The number of alkyl halides is 2. The van der Waals surface area contributed by atoms with E-state index in [1.807, 2.05) is 11.9 Å². The molecule has 5 heterocycles. The number of nitrogens with one attached hydrogen (secondary N) is 3. The van der Waals surface area contributed by atoms with Crippen molar-refractivity contribution in [1.29, 1.82) is 0 Å². The molecule has 0 radical (unpaired) electrons. The van der Waals surface area contributed by atoms with E-state index in [0.29, 0.717) is 36.4 Å². The van der Waals surface area contributed by atoms with Crippen LogP contribution in [0.25, 0.3) is 5.65 Å². The van der Waals surface area contributed by atoms with Crippen LogP contribution in [0.15, 0.2) is 42.9 Å². The number of carbonyl (C=O) groups excluding carboxylic acids is 5. The maximum absolute atomic E-state index is 14.3. The Kier molecular flexibility index (Phi) is 12.3. The van der Waals surface area contributed by atoms with E-state index in [4.69, 9.17) is 0 Å². The molecule has 19 heteroatoms. The zero-order valence-electron chi connectivity index (χ0n) is 36.0. The lowest BCUT2D eigenvalue weighted by atomic mass is 9.84. The Morgan fingerprint density at radius 1 is 0.984 bits per heavy atom. The van der Waals surface area contributed by atoms with E-state index in [0.717, 1.165) is 62.8 Å². The molecular weight excluding hydrogens is 817 g/mol. The van der Waals surface area contributed by atoms with Crippen LogP contribution in [0.5, 0.6) is 0 Å². The third-order valence-corrected chi connectivity index (χ3v) is 13.1. The Morgan fingerprint density at radius 3 is 2.43 bits per heavy atom. The van der Waals surface area contributed by atoms with Crippen LogP contribution in [0.4, 0.5) is 26.0 Å². The van der Waals surface area contributed by atoms with Crippen molar-refractivity contribution < 1.29 is 37.9 Å². The molecule has 336 valence electrons. The molecule has 2 aliphatic carbocycles. The third-order valence-electron chi connectivity index (χ3n) is 13.1. The molecule has 8 rings (SSSR count). The summed E-state index contributed by atoms with van der Waals surface area (Å²) < 4.78 is 31.7. The van der Waals surface area contributed by atoms with Crippen LogP contribution < -0.4 is 20.9 Å². The molecule has 0 spiro atoms. The standard InChI is InChI=1S/C44H55F2N11O6/c1-44(2,63)19-21-53(3)34-18-20-55-39(50-34)30(22-47-55)40(59)49-32-24-56(52-37(32)38(45)46)28-12-8-25(9-13-28)23-54(4)27-14-10-26(11-15-27)48-31-7-5-6-29-36(31)43(62)57(42(29)61)33-16-17-35(58)51-41(33)60/h5-7,18,20,22,24-28,33,38,48,63H,8-17,19,21,23H2,1-4H3,(H,49,59)(H,51,58,60)/t25-,26-,27-,28-,33?. The van der Waals surface area contributed by atoms with Crippen LogP contribution in [-0.4, -0.2) is 120 Å². The van der Waals surface area contributed by atoms with E-state index in [2.05, 4.69) is 43.1 Å². The van der Waals surface area contributed by atoms with Crippen LogP contribution >= 0.6 is 0 Å². The molecule has 2 aliphatic heterocycles. The summed E-state index contributed by atoms with van der Waals surface area (Å²) in [5.41, 5.74) is 0.0937. The number of anilines is 3. The Hall–Kier alpha value is -5.82. The molecule has 4 aromatic rings. The Morgan fingerprint density at radius 2 is 1.73 bits per heavy atom. The van der Waals surface area contributed by atoms with Gasteiger partial charge in [-0.1, -0.05) is 6.07 Å². The fraction of sp³-hybridized carbons (Fsp3) is 0.545. The average molecular weight is 872 g/mol. The van der Waals surface area contributed by atoms with Crippen LogP contribution in [-0.2, 0) is 9.59 Å². The highest BCUT2D eigenvalue weighted by Crippen LogP contribution is 2.38. The number of rotatable bonds is 14. The summed E-state index contributed by atoms with van der Waals surface area (Å²) in [5, 5.41) is 27.1. The van der Waals surface area contributed by atoms with Gasteiger partial charge in [0.05, 0.1) is 34.7 Å². The number of nitrogens with zero attached hydrogens (tertiary/aromatic N) is 8. The molecule has 2 saturated carbocycles. The molecule has 1 unspecified atom stereocenters. The number of hydrogen-bond acceptors (Lipinski definition) is 12. The fourth-order valence-corrected chi connectivity index (χ4v) is 9.49. The second-order valence-electron chi connectivity index (χ2n) is 18.2. The van der Waals surface area contributed by atoms with Gasteiger partial charge in [-0.05, 0) is 109 Å². The van der Waals surface area contributed by atoms with Gasteiger partial charge in [-0.3, -0.25) is 38.9 Å². The van der Waals surface area contributed by atoms with Crippen molar-refractivity contribution in [2.75, 3.05) is 42.7 Å². The number of aliphatic hydroxyl groups is 1. The van der Waals surface area contributed by atoms with Crippen molar-refractivity contribution >= 4 is 52.4 Å². The number of halogens is 2. The zero-order chi connectivity index (χ0) is 44.7. The van der Waals surface area contributed by atoms with Gasteiger partial charge >= 0.3 is 0 Å². The maximum Gasteiger partial charge on any atom is 0.284 e. The second-order valence-corrected chi connectivity index (χ2v) is 18.2. The highest BCUT2D eigenvalue weighted by Gasteiger charge is 2.46. The van der Waals surface area contributed by atoms with Crippen LogP contribution in [0, 0.1) is 5.92 Å². The average Bonchev–Trinajstić information content (AvgIpc) is 3.94. The van der Waals surface area contributed by atoms with Crippen molar-refractivity contribution in [1.82, 2.24) is 39.5 Å². The molecular formula is C44H55F2N11O6. The van der Waals surface area contributed by atoms with Gasteiger partial charge in [-0.15, -0.1) is 0 Å². The van der Waals surface area contributed by atoms with Gasteiger partial charge in [0.1, 0.15) is 17.4 Å². The van der Waals surface area contributed by atoms with Gasteiger partial charge in [0.2, 0.25) is 11.8 Å². The SMILES string of the molecule is CN(CCC(C)(C)O)c1ccn2ncc(C(=O)Nc3cn([C@H]4CC[C@H](CN(C)[C@H]5CC[C@H](Nc6cccc7c6C(=O)N(C6CCC(=O)NC6=O)C7=O)CC5)CC4)nc3C(F)F)c2n1. The number of aromatic nitrogens is 5. The maximum atomic E-state index is 14.3. The Labute approximate surface area is 363 Å². The largest absolute Gasteiger partial charge is 0.390 e. The van der Waals surface area contributed by atoms with E-state index in [1.54, 1.807) is 49.0 Å². The molecule has 17 nitrogen and oxygen atoms in total. The van der Waals surface area contributed by atoms with E-state index in [-0.39, 0.29) is 53.0 Å². The molecule has 63 heavy (non-hydrogen) atoms. The fourth-order valence-electron chi connectivity index (χ4n) is 9.49. The van der Waals surface area contributed by atoms with Gasteiger partial charge in [0.25, 0.3) is 24.1 Å². The van der Waals surface area contributed by atoms with Crippen molar-refractivity contribution in [3.63, 3.8) is 0 Å². The summed E-state index contributed by atoms with van der Waals surface area (Å²) in [6, 6.07) is 6.23. The van der Waals surface area contributed by atoms with E-state index in [9.17, 15) is 37.9 Å². The predicted octanol–water partition coefficient (Wildman–Crippen LogP) is 5.20. The predicted molar refractivity (Wildman–Crippen MR) is 229 cm³/mol. The van der Waals surface area contributed by atoms with Gasteiger partial charge in [-0.2, -0.15) is 10.2 Å². The summed E-state index contributed by atoms with van der Waals surface area (Å²) in [6.07, 6.45) is 9.24. The van der Waals surface area contributed by atoms with E-state index < -0.39 is 53.3 Å². The summed E-state index contributed by atoms with van der Waals surface area (Å²) in [7, 11) is 3.98. The number of piperidine rings is 1. The number of carbonyl (C=O) groups is 5. The molecule has 1 saturated heterocycles. The van der Waals surface area contributed by atoms with Gasteiger partial charge in [0.15, 0.2) is 11.3 Å². The van der Waals surface area contributed by atoms with E-state index >= 15 is 0 Å². The van der Waals surface area contributed by atoms with Crippen molar-refractivity contribution in [3.8, 4) is 0 Å². The Bertz CT molecular complexity index is 2400. The molecule has 4 N–H and O–H groups in total. The lowest BCUT2D eigenvalue weighted by molar-refractivity contribution is -0.136. The lowest BCUT2D eigenvalue weighted by Gasteiger charge is -2.38. The summed E-state index contributed by atoms with van der Waals surface area (Å²) in [6.45, 7) is 4.88. The first-order valence-electron chi connectivity index (χ1n) is 21.8. The number of benzene rings is 1. The first kappa shape index (κ1) is 43.8. The molecule has 5 amide bonds. The van der Waals surface area contributed by atoms with E-state index in [1.165, 1.54) is 16.9 Å². The third kappa shape index (κ3) is 9.30. The number of fused-ring (bicyclic) bond motifs is 2. The number of amides is 5. The first-order chi connectivity index (χ1) is 30.0. The quantitative estimate of drug-likeness (QED) is 0.121. The molecule has 1 atom stereocenters. The first-order valence-corrected chi connectivity index (χ1v) is 21.8. The molecule has 3 aromatic heterocycles. The summed E-state index contributed by atoms with van der Waals surface area (Å²) >= 11 is 0. The normalized spacial score (nSPS) is 23.1. The van der Waals surface area contributed by atoms with Crippen LogP contribution in [0.2, 0.25) is 0 Å². The monoisotopic (exact) mass is 871 g/mol. The topological polar surface area (TPSA) is 199 Å². The highest BCUT2D eigenvalue weighted by molar-refractivity contribution is 6.25. The van der Waals surface area contributed by atoms with Gasteiger partial charge in [0, 0.05) is 56.7 Å². The number of hydrogen-bond donors (Lipinski definition) is 4. The minimum atomic E-state index is -2.90. The summed E-state index contributed by atoms with van der Waals surface area (Å²) in [4.78, 5) is 74.5. The highest BCUT2D eigenvalue weighted by atomic mass is 19.3. The summed E-state index contributed by atoms with van der Waals surface area (Å²) in [5.74, 6) is -1.73. The molecule has 1 aromatic carbocycles.